The fourth-order valence-corrected chi connectivity index (χ4v) is 6.39. The van der Waals surface area contributed by atoms with Gasteiger partial charge in [0.15, 0.2) is 0 Å². The van der Waals surface area contributed by atoms with Crippen molar-refractivity contribution >= 4 is 16.0 Å². The Hall–Kier alpha value is -1.44. The molecule has 0 radical (unpaired) electrons. The topological polar surface area (TPSA) is 104 Å². The van der Waals surface area contributed by atoms with Gasteiger partial charge in [-0.25, -0.2) is 0 Å². The molecule has 2 unspecified atom stereocenters. The van der Waals surface area contributed by atoms with Gasteiger partial charge in [-0.15, -0.1) is 0 Å². The number of nitrogens with one attached hydrogen (secondary N) is 1. The first-order valence-electron chi connectivity index (χ1n) is 19.2. The van der Waals surface area contributed by atoms with Gasteiger partial charge in [-0.05, 0) is 51.4 Å². The summed E-state index contributed by atoms with van der Waals surface area (Å²) in [6.45, 7) is 4.48. The van der Waals surface area contributed by atoms with Crippen molar-refractivity contribution in [3.05, 3.63) is 36.5 Å². The Morgan fingerprint density at radius 2 is 0.978 bits per heavy atom. The first kappa shape index (κ1) is 44.6. The Balaban J connectivity index is 3.93. The largest absolute Gasteiger partial charge is 0.387 e. The standard InChI is InChI=1S/C39H73NO5S/c1-3-5-7-9-11-13-15-17-18-19-20-21-22-23-25-27-29-31-33-35-39(42)40-37(36-46(43,44)45)38(41)34-32-30-28-26-24-16-14-12-10-8-6-4-2/h11,13,17-18,32,34,37-38,41H,3-10,12,14-16,19-31,33,35-36H2,1-2H3,(H,40,42)(H,43,44,45)/b13-11-,18-17-,34-32+. The normalized spacial score (nSPS) is 13.7. The average molecular weight is 668 g/mol. The lowest BCUT2D eigenvalue weighted by molar-refractivity contribution is -0.122. The second-order valence-corrected chi connectivity index (χ2v) is 14.7. The molecular formula is C39H73NO5S. The number of hydrogen-bond donors (Lipinski definition) is 3. The van der Waals surface area contributed by atoms with Gasteiger partial charge in [0.1, 0.15) is 0 Å². The average Bonchev–Trinajstić information content (AvgIpc) is 3.01. The molecule has 0 spiro atoms. The van der Waals surface area contributed by atoms with Crippen molar-refractivity contribution in [2.75, 3.05) is 5.75 Å². The number of carbonyl (C=O) groups excluding carboxylic acids is 1. The molecule has 3 N–H and O–H groups in total. The smallest absolute Gasteiger partial charge is 0.267 e. The lowest BCUT2D eigenvalue weighted by Gasteiger charge is -2.21. The van der Waals surface area contributed by atoms with Crippen LogP contribution in [0.1, 0.15) is 187 Å². The van der Waals surface area contributed by atoms with E-state index >= 15 is 0 Å². The van der Waals surface area contributed by atoms with Crippen LogP contribution in [0.5, 0.6) is 0 Å². The van der Waals surface area contributed by atoms with E-state index in [4.69, 9.17) is 0 Å². The minimum absolute atomic E-state index is 0.284. The Kier molecular flexibility index (Phi) is 32.4. The molecule has 0 aromatic heterocycles. The fourth-order valence-electron chi connectivity index (χ4n) is 5.65. The minimum atomic E-state index is -4.34. The lowest BCUT2D eigenvalue weighted by atomic mass is 10.0. The Bertz CT molecular complexity index is 868. The number of amides is 1. The van der Waals surface area contributed by atoms with Crippen LogP contribution in [0.15, 0.2) is 36.5 Å². The summed E-state index contributed by atoms with van der Waals surface area (Å²) in [5.74, 6) is -0.983. The molecule has 0 saturated carbocycles. The predicted octanol–water partition coefficient (Wildman–Crippen LogP) is 11.0. The summed E-state index contributed by atoms with van der Waals surface area (Å²) in [5, 5.41) is 13.2. The predicted molar refractivity (Wildman–Crippen MR) is 198 cm³/mol. The van der Waals surface area contributed by atoms with Gasteiger partial charge < -0.3 is 10.4 Å². The summed E-state index contributed by atoms with van der Waals surface area (Å²) in [7, 11) is -4.34. The summed E-state index contributed by atoms with van der Waals surface area (Å²) in [5.41, 5.74) is 0. The molecule has 0 bridgehead atoms. The molecule has 46 heavy (non-hydrogen) atoms. The first-order valence-corrected chi connectivity index (χ1v) is 20.8. The highest BCUT2D eigenvalue weighted by Gasteiger charge is 2.24. The van der Waals surface area contributed by atoms with Crippen LogP contribution in [-0.4, -0.2) is 41.9 Å². The van der Waals surface area contributed by atoms with Crippen molar-refractivity contribution in [2.45, 2.75) is 199 Å². The third kappa shape index (κ3) is 33.9. The van der Waals surface area contributed by atoms with Gasteiger partial charge in [0.2, 0.25) is 5.91 Å². The fraction of sp³-hybridized carbons (Fsp3) is 0.821. The quantitative estimate of drug-likeness (QED) is 0.0360. The van der Waals surface area contributed by atoms with E-state index in [-0.39, 0.29) is 5.91 Å². The van der Waals surface area contributed by atoms with E-state index in [9.17, 15) is 22.9 Å². The Labute approximate surface area is 285 Å². The molecule has 0 fully saturated rings. The van der Waals surface area contributed by atoms with Crippen LogP contribution in [0, 0.1) is 0 Å². The number of rotatable bonds is 34. The van der Waals surface area contributed by atoms with Crippen LogP contribution in [0.2, 0.25) is 0 Å². The summed E-state index contributed by atoms with van der Waals surface area (Å²) < 4.78 is 32.4. The van der Waals surface area contributed by atoms with Crippen LogP contribution >= 0.6 is 0 Å². The number of aliphatic hydroxyl groups is 1. The number of carbonyl (C=O) groups is 1. The summed E-state index contributed by atoms with van der Waals surface area (Å²) in [4.78, 5) is 12.5. The van der Waals surface area contributed by atoms with Gasteiger partial charge in [0.25, 0.3) is 10.1 Å². The third-order valence-corrected chi connectivity index (χ3v) is 9.34. The van der Waals surface area contributed by atoms with E-state index in [0.29, 0.717) is 6.42 Å². The van der Waals surface area contributed by atoms with Crippen molar-refractivity contribution in [1.82, 2.24) is 5.32 Å². The van der Waals surface area contributed by atoms with E-state index < -0.39 is 28.0 Å². The van der Waals surface area contributed by atoms with Crippen LogP contribution in [0.25, 0.3) is 0 Å². The zero-order valence-corrected chi connectivity index (χ0v) is 30.8. The molecule has 0 saturated heterocycles. The molecule has 7 heteroatoms. The molecule has 6 nitrogen and oxygen atoms in total. The Morgan fingerprint density at radius 3 is 1.46 bits per heavy atom. The molecule has 2 atom stereocenters. The summed E-state index contributed by atoms with van der Waals surface area (Å²) >= 11 is 0. The molecular weight excluding hydrogens is 594 g/mol. The molecule has 0 aliphatic rings. The zero-order chi connectivity index (χ0) is 34.0. The second kappa shape index (κ2) is 33.5. The number of aliphatic hydroxyl groups excluding tert-OH is 1. The highest BCUT2D eigenvalue weighted by atomic mass is 32.2. The highest BCUT2D eigenvalue weighted by Crippen LogP contribution is 2.14. The lowest BCUT2D eigenvalue weighted by Crippen LogP contribution is -2.46. The number of hydrogen-bond acceptors (Lipinski definition) is 4. The van der Waals surface area contributed by atoms with Crippen molar-refractivity contribution in [1.29, 1.82) is 0 Å². The van der Waals surface area contributed by atoms with Crippen molar-refractivity contribution in [3.63, 3.8) is 0 Å². The zero-order valence-electron chi connectivity index (χ0n) is 29.9. The Morgan fingerprint density at radius 1 is 0.587 bits per heavy atom. The molecule has 0 aliphatic heterocycles. The molecule has 0 heterocycles. The minimum Gasteiger partial charge on any atom is -0.387 e. The third-order valence-electron chi connectivity index (χ3n) is 8.56. The monoisotopic (exact) mass is 668 g/mol. The molecule has 0 aromatic carbocycles. The van der Waals surface area contributed by atoms with E-state index in [1.54, 1.807) is 6.08 Å². The number of allylic oxidation sites excluding steroid dienone is 5. The molecule has 0 rings (SSSR count). The van der Waals surface area contributed by atoms with Crippen LogP contribution in [-0.2, 0) is 14.9 Å². The van der Waals surface area contributed by atoms with Gasteiger partial charge in [0, 0.05) is 6.42 Å². The van der Waals surface area contributed by atoms with Gasteiger partial charge in [-0.2, -0.15) is 8.42 Å². The summed E-state index contributed by atoms with van der Waals surface area (Å²) in [6, 6.07) is -1.06. The highest BCUT2D eigenvalue weighted by molar-refractivity contribution is 7.85. The maximum absolute atomic E-state index is 12.5. The van der Waals surface area contributed by atoms with Crippen LogP contribution in [0.3, 0.4) is 0 Å². The van der Waals surface area contributed by atoms with Crippen molar-refractivity contribution < 1.29 is 22.9 Å². The van der Waals surface area contributed by atoms with Gasteiger partial charge in [-0.3, -0.25) is 9.35 Å². The van der Waals surface area contributed by atoms with E-state index in [2.05, 4.69) is 43.5 Å². The van der Waals surface area contributed by atoms with E-state index in [0.717, 1.165) is 44.9 Å². The van der Waals surface area contributed by atoms with Crippen LogP contribution in [0.4, 0.5) is 0 Å². The summed E-state index contributed by atoms with van der Waals surface area (Å²) in [6.07, 6.45) is 42.6. The van der Waals surface area contributed by atoms with Gasteiger partial charge >= 0.3 is 0 Å². The molecule has 0 aliphatic carbocycles. The van der Waals surface area contributed by atoms with Crippen LogP contribution < -0.4 is 5.32 Å². The van der Waals surface area contributed by atoms with Gasteiger partial charge in [0.05, 0.1) is 17.9 Å². The van der Waals surface area contributed by atoms with Gasteiger partial charge in [-0.1, -0.05) is 166 Å². The molecule has 270 valence electrons. The maximum atomic E-state index is 12.5. The van der Waals surface area contributed by atoms with E-state index in [1.165, 1.54) is 122 Å². The maximum Gasteiger partial charge on any atom is 0.267 e. The van der Waals surface area contributed by atoms with Crippen molar-refractivity contribution in [2.24, 2.45) is 0 Å². The SMILES string of the molecule is CCCCC/C=C\C/C=C\CCCCCCCCCCCC(=O)NC(CS(=O)(=O)O)C(O)/C=C/CCCCCCCCCCCC. The second-order valence-electron chi connectivity index (χ2n) is 13.2. The van der Waals surface area contributed by atoms with Crippen molar-refractivity contribution in [3.8, 4) is 0 Å². The van der Waals surface area contributed by atoms with E-state index in [1.807, 2.05) is 6.08 Å². The first-order chi connectivity index (χ1) is 22.3. The molecule has 0 aromatic rings. The number of unbranched alkanes of at least 4 members (excludes halogenated alkanes) is 22. The molecule has 1 amide bonds.